The van der Waals surface area contributed by atoms with Crippen LogP contribution in [-0.4, -0.2) is 30.1 Å². The highest BCUT2D eigenvalue weighted by molar-refractivity contribution is 14.1. The molecule has 3 rings (SSSR count). The van der Waals surface area contributed by atoms with Crippen molar-refractivity contribution >= 4 is 73.1 Å². The number of benzene rings is 1. The van der Waals surface area contributed by atoms with Gasteiger partial charge < -0.3 is 9.15 Å². The summed E-state index contributed by atoms with van der Waals surface area (Å²) in [5.74, 6) is 1.29. The molecule has 5 nitrogen and oxygen atoms in total. The van der Waals surface area contributed by atoms with Crippen LogP contribution in [0.3, 0.4) is 0 Å². The van der Waals surface area contributed by atoms with Crippen LogP contribution >= 0.6 is 50.3 Å². The van der Waals surface area contributed by atoms with E-state index >= 15 is 0 Å². The second-order valence-electron chi connectivity index (χ2n) is 4.84. The van der Waals surface area contributed by atoms with Crippen molar-refractivity contribution in [3.05, 3.63) is 49.2 Å². The molecule has 0 aliphatic carbocycles. The molecule has 2 heterocycles. The van der Waals surface area contributed by atoms with Crippen LogP contribution in [0.4, 0.5) is 5.69 Å². The summed E-state index contributed by atoms with van der Waals surface area (Å²) in [5, 5.41) is 0.622. The highest BCUT2D eigenvalue weighted by Crippen LogP contribution is 2.34. The van der Waals surface area contributed by atoms with E-state index in [4.69, 9.17) is 9.15 Å². The molecule has 1 fully saturated rings. The number of likely N-dealkylation sites (N-methyl/N-ethyl adjacent to an activating group) is 1. The predicted octanol–water partition coefficient (Wildman–Crippen LogP) is 4.89. The van der Waals surface area contributed by atoms with Gasteiger partial charge in [0.25, 0.3) is 5.91 Å². The lowest BCUT2D eigenvalue weighted by Gasteiger charge is -2.07. The number of hydrogen-bond acceptors (Lipinski definition) is 5. The smallest absolute Gasteiger partial charge is 0.266 e. The van der Waals surface area contributed by atoms with Crippen LogP contribution in [0, 0.1) is 3.77 Å². The van der Waals surface area contributed by atoms with Crippen LogP contribution in [0.15, 0.2) is 49.1 Å². The summed E-state index contributed by atoms with van der Waals surface area (Å²) in [6.45, 7) is 0. The van der Waals surface area contributed by atoms with Gasteiger partial charge in [-0.25, -0.2) is 4.99 Å². The first kappa shape index (κ1) is 17.6. The highest BCUT2D eigenvalue weighted by Gasteiger charge is 2.30. The van der Waals surface area contributed by atoms with Gasteiger partial charge in [-0.05, 0) is 58.0 Å². The number of thioether (sulfide) groups is 1. The lowest BCUT2D eigenvalue weighted by molar-refractivity contribution is -0.121. The molecule has 0 saturated carbocycles. The Labute approximate surface area is 165 Å². The Kier molecular flexibility index (Phi) is 5.36. The molecule has 24 heavy (non-hydrogen) atoms. The fraction of sp³-hybridized carbons (Fsp3) is 0.125. The summed E-state index contributed by atoms with van der Waals surface area (Å²) in [5.41, 5.74) is 0.759. The second kappa shape index (κ2) is 7.32. The topological polar surface area (TPSA) is 55.0 Å². The van der Waals surface area contributed by atoms with Gasteiger partial charge >= 0.3 is 0 Å². The molecule has 0 atom stereocenters. The monoisotopic (exact) mass is 518 g/mol. The number of amidine groups is 1. The minimum Gasteiger partial charge on any atom is -0.497 e. The van der Waals surface area contributed by atoms with Crippen LogP contribution in [0.5, 0.6) is 5.75 Å². The molecular formula is C16H12BrIN2O3S. The van der Waals surface area contributed by atoms with E-state index in [2.05, 4.69) is 43.5 Å². The number of hydrogen-bond donors (Lipinski definition) is 0. The lowest BCUT2D eigenvalue weighted by Crippen LogP contribution is -2.23. The molecule has 0 spiro atoms. The SMILES string of the molecule is COc1ccc(N=C2S/C(=C/c3cc(Br)c(I)o3)C(=O)N2C)cc1. The fourth-order valence-corrected chi connectivity index (χ4v) is 3.67. The number of rotatable bonds is 3. The van der Waals surface area contributed by atoms with Crippen molar-refractivity contribution in [2.75, 3.05) is 14.2 Å². The Balaban J connectivity index is 1.86. The lowest BCUT2D eigenvalue weighted by atomic mass is 10.3. The van der Waals surface area contributed by atoms with Crippen LogP contribution < -0.4 is 4.74 Å². The summed E-state index contributed by atoms with van der Waals surface area (Å²) in [7, 11) is 3.33. The standard InChI is InChI=1S/C16H12BrIN2O3S/c1-20-15(21)13(8-11-7-12(17)14(18)23-11)24-16(20)19-9-3-5-10(22-2)6-4-9/h3-8H,1-2H3/b13-8+,19-16?. The van der Waals surface area contributed by atoms with Crippen LogP contribution in [-0.2, 0) is 4.79 Å². The molecule has 8 heteroatoms. The molecule has 1 amide bonds. The third-order valence-electron chi connectivity index (χ3n) is 3.24. The highest BCUT2D eigenvalue weighted by atomic mass is 127. The number of ether oxygens (including phenoxy) is 1. The van der Waals surface area contributed by atoms with Crippen molar-refractivity contribution in [3.8, 4) is 5.75 Å². The molecule has 124 valence electrons. The van der Waals surface area contributed by atoms with Crippen LogP contribution in [0.2, 0.25) is 0 Å². The van der Waals surface area contributed by atoms with E-state index in [1.54, 1.807) is 20.2 Å². The van der Waals surface area contributed by atoms with Crippen molar-refractivity contribution in [2.24, 2.45) is 4.99 Å². The fourth-order valence-electron chi connectivity index (χ4n) is 1.98. The molecule has 0 radical (unpaired) electrons. The summed E-state index contributed by atoms with van der Waals surface area (Å²) in [6, 6.07) is 9.19. The van der Waals surface area contributed by atoms with E-state index in [1.165, 1.54) is 16.7 Å². The maximum absolute atomic E-state index is 12.4. The number of aliphatic imine (C=N–C) groups is 1. The van der Waals surface area contributed by atoms with Gasteiger partial charge in [0, 0.05) is 35.7 Å². The first-order chi connectivity index (χ1) is 11.5. The normalized spacial score (nSPS) is 18.0. The number of furan rings is 1. The minimum atomic E-state index is -0.102. The van der Waals surface area contributed by atoms with Crippen molar-refractivity contribution in [1.29, 1.82) is 0 Å². The van der Waals surface area contributed by atoms with Gasteiger partial charge in [-0.1, -0.05) is 0 Å². The number of nitrogens with zero attached hydrogens (tertiary/aromatic N) is 2. The summed E-state index contributed by atoms with van der Waals surface area (Å²) >= 11 is 6.80. The average Bonchev–Trinajstić information content (AvgIpc) is 3.02. The van der Waals surface area contributed by atoms with Gasteiger partial charge in [-0.2, -0.15) is 0 Å². The van der Waals surface area contributed by atoms with E-state index in [9.17, 15) is 4.79 Å². The molecule has 1 saturated heterocycles. The molecule has 0 unspecified atom stereocenters. The Bertz CT molecular complexity index is 826. The molecule has 0 N–H and O–H groups in total. The summed E-state index contributed by atoms with van der Waals surface area (Å²) in [6.07, 6.45) is 1.73. The Morgan fingerprint density at radius 3 is 2.67 bits per heavy atom. The summed E-state index contributed by atoms with van der Waals surface area (Å²) < 4.78 is 12.3. The Morgan fingerprint density at radius 2 is 2.08 bits per heavy atom. The summed E-state index contributed by atoms with van der Waals surface area (Å²) in [4.78, 5) is 19.0. The predicted molar refractivity (Wildman–Crippen MR) is 108 cm³/mol. The molecular weight excluding hydrogens is 507 g/mol. The van der Waals surface area contributed by atoms with Crippen molar-refractivity contribution in [3.63, 3.8) is 0 Å². The average molecular weight is 519 g/mol. The third-order valence-corrected chi connectivity index (χ3v) is 6.43. The number of carbonyl (C=O) groups excluding carboxylic acids is 1. The van der Waals surface area contributed by atoms with Gasteiger partial charge in [0.1, 0.15) is 11.5 Å². The van der Waals surface area contributed by atoms with Gasteiger partial charge in [0.2, 0.25) is 0 Å². The van der Waals surface area contributed by atoms with E-state index in [0.29, 0.717) is 15.8 Å². The molecule has 1 aliphatic rings. The van der Waals surface area contributed by atoms with Crippen LogP contribution in [0.25, 0.3) is 6.08 Å². The largest absolute Gasteiger partial charge is 0.497 e. The number of methoxy groups -OCH3 is 1. The number of halogens is 2. The molecule has 1 aromatic carbocycles. The zero-order valence-corrected chi connectivity index (χ0v) is 17.3. The number of carbonyl (C=O) groups is 1. The Morgan fingerprint density at radius 1 is 1.38 bits per heavy atom. The van der Waals surface area contributed by atoms with Crippen LogP contribution in [0.1, 0.15) is 5.76 Å². The van der Waals surface area contributed by atoms with Gasteiger partial charge in [-0.15, -0.1) is 0 Å². The van der Waals surface area contributed by atoms with Crippen molar-refractivity contribution < 1.29 is 13.9 Å². The first-order valence-corrected chi connectivity index (χ1v) is 9.52. The molecule has 2 aromatic rings. The van der Waals surface area contributed by atoms with E-state index < -0.39 is 0 Å². The minimum absolute atomic E-state index is 0.102. The van der Waals surface area contributed by atoms with Gasteiger partial charge in [0.05, 0.1) is 22.2 Å². The third kappa shape index (κ3) is 3.70. The van der Waals surface area contributed by atoms with E-state index in [0.717, 1.165) is 19.7 Å². The molecule has 1 aromatic heterocycles. The van der Waals surface area contributed by atoms with Gasteiger partial charge in [-0.3, -0.25) is 9.69 Å². The van der Waals surface area contributed by atoms with E-state index in [-0.39, 0.29) is 5.91 Å². The number of amides is 1. The van der Waals surface area contributed by atoms with Crippen molar-refractivity contribution in [1.82, 2.24) is 4.90 Å². The van der Waals surface area contributed by atoms with E-state index in [1.807, 2.05) is 30.3 Å². The quantitative estimate of drug-likeness (QED) is 0.429. The maximum atomic E-state index is 12.4. The first-order valence-electron chi connectivity index (χ1n) is 6.83. The maximum Gasteiger partial charge on any atom is 0.266 e. The molecule has 1 aliphatic heterocycles. The zero-order chi connectivity index (χ0) is 17.3. The van der Waals surface area contributed by atoms with Gasteiger partial charge in [0.15, 0.2) is 8.93 Å². The zero-order valence-electron chi connectivity index (χ0n) is 12.7. The Hall–Kier alpha value is -1.26. The van der Waals surface area contributed by atoms with Crippen molar-refractivity contribution in [2.45, 2.75) is 0 Å². The molecule has 0 bridgehead atoms. The second-order valence-corrected chi connectivity index (χ2v) is 7.68.